The summed E-state index contributed by atoms with van der Waals surface area (Å²) in [7, 11) is 0. The predicted molar refractivity (Wildman–Crippen MR) is 124 cm³/mol. The zero-order valence-electron chi connectivity index (χ0n) is 17.9. The number of halogens is 1. The summed E-state index contributed by atoms with van der Waals surface area (Å²) < 4.78 is 3.36. The van der Waals surface area contributed by atoms with Crippen molar-refractivity contribution < 1.29 is 9.59 Å². The molecular weight excluding hydrogens is 416 g/mol. The Morgan fingerprint density at radius 1 is 1.03 bits per heavy atom. The molecule has 1 heterocycles. The number of hydrogen-bond acceptors (Lipinski definition) is 3. The lowest BCUT2D eigenvalue weighted by atomic mass is 10.1. The average Bonchev–Trinajstić information content (AvgIpc) is 2.99. The molecule has 0 aliphatic heterocycles. The first-order chi connectivity index (χ1) is 14.8. The van der Waals surface area contributed by atoms with Crippen LogP contribution in [0, 0.1) is 0 Å². The van der Waals surface area contributed by atoms with Crippen LogP contribution in [0.2, 0.25) is 5.02 Å². The lowest BCUT2D eigenvalue weighted by Crippen LogP contribution is -2.30. The highest BCUT2D eigenvalue weighted by Gasteiger charge is 2.15. The lowest BCUT2D eigenvalue weighted by Gasteiger charge is -2.12. The van der Waals surface area contributed by atoms with E-state index in [1.807, 2.05) is 45.0 Å². The van der Waals surface area contributed by atoms with Gasteiger partial charge in [-0.2, -0.15) is 0 Å². The molecule has 3 aromatic rings. The number of carbonyl (C=O) groups is 2. The van der Waals surface area contributed by atoms with Gasteiger partial charge in [0, 0.05) is 31.1 Å². The van der Waals surface area contributed by atoms with Crippen molar-refractivity contribution in [1.82, 2.24) is 14.5 Å². The molecule has 0 aliphatic carbocycles. The van der Waals surface area contributed by atoms with Gasteiger partial charge < -0.3 is 10.6 Å². The van der Waals surface area contributed by atoms with Crippen molar-refractivity contribution >= 4 is 40.1 Å². The molecule has 0 unspecified atom stereocenters. The molecule has 0 aliphatic rings. The molecule has 2 aromatic carbocycles. The SMILES string of the molecule is CCCn1c(=O)n(CCC(=O)Nc2cc(C(=O)NC(C)C)ccc2Cl)c2ccccc21. The summed E-state index contributed by atoms with van der Waals surface area (Å²) in [5, 5.41) is 5.90. The van der Waals surface area contributed by atoms with Crippen molar-refractivity contribution in [2.45, 2.75) is 52.7 Å². The highest BCUT2D eigenvalue weighted by Crippen LogP contribution is 2.23. The van der Waals surface area contributed by atoms with Crippen molar-refractivity contribution in [1.29, 1.82) is 0 Å². The second kappa shape index (κ2) is 9.83. The predicted octanol–water partition coefficient (Wildman–Crippen LogP) is 4.03. The van der Waals surface area contributed by atoms with Crippen molar-refractivity contribution in [3.63, 3.8) is 0 Å². The quantitative estimate of drug-likeness (QED) is 0.552. The molecule has 3 rings (SSSR count). The number of nitrogens with zero attached hydrogens (tertiary/aromatic N) is 2. The molecule has 0 saturated carbocycles. The maximum atomic E-state index is 12.8. The van der Waals surface area contributed by atoms with E-state index in [4.69, 9.17) is 11.6 Å². The van der Waals surface area contributed by atoms with E-state index in [0.29, 0.717) is 22.8 Å². The lowest BCUT2D eigenvalue weighted by molar-refractivity contribution is -0.116. The number of para-hydroxylation sites is 2. The number of aryl methyl sites for hydroxylation is 2. The molecule has 31 heavy (non-hydrogen) atoms. The Labute approximate surface area is 186 Å². The van der Waals surface area contributed by atoms with Crippen LogP contribution in [0.3, 0.4) is 0 Å². The minimum Gasteiger partial charge on any atom is -0.350 e. The van der Waals surface area contributed by atoms with E-state index in [1.165, 1.54) is 0 Å². The zero-order valence-corrected chi connectivity index (χ0v) is 18.7. The number of imidazole rings is 1. The molecule has 1 aromatic heterocycles. The van der Waals surface area contributed by atoms with Gasteiger partial charge in [0.25, 0.3) is 5.91 Å². The van der Waals surface area contributed by atoms with Crippen molar-refractivity contribution in [3.05, 3.63) is 63.5 Å². The molecule has 0 radical (unpaired) electrons. The Morgan fingerprint density at radius 3 is 2.29 bits per heavy atom. The molecule has 2 amide bonds. The first-order valence-corrected chi connectivity index (χ1v) is 10.8. The van der Waals surface area contributed by atoms with Gasteiger partial charge in [-0.15, -0.1) is 0 Å². The van der Waals surface area contributed by atoms with Gasteiger partial charge in [-0.3, -0.25) is 18.7 Å². The van der Waals surface area contributed by atoms with E-state index in [1.54, 1.807) is 27.3 Å². The number of nitrogens with one attached hydrogen (secondary N) is 2. The molecule has 0 saturated heterocycles. The number of amides is 2. The fourth-order valence-electron chi connectivity index (χ4n) is 3.46. The number of carbonyl (C=O) groups excluding carboxylic acids is 2. The summed E-state index contributed by atoms with van der Waals surface area (Å²) in [4.78, 5) is 37.6. The second-order valence-corrected chi connectivity index (χ2v) is 8.10. The topological polar surface area (TPSA) is 85.1 Å². The Bertz CT molecular complexity index is 1160. The van der Waals surface area contributed by atoms with Gasteiger partial charge in [0.1, 0.15) is 0 Å². The summed E-state index contributed by atoms with van der Waals surface area (Å²) in [5.41, 5.74) is 2.32. The third kappa shape index (κ3) is 5.17. The van der Waals surface area contributed by atoms with Crippen LogP contribution in [0.1, 0.15) is 44.0 Å². The smallest absolute Gasteiger partial charge is 0.329 e. The molecule has 164 valence electrons. The minimum atomic E-state index is -0.289. The number of rotatable bonds is 8. The van der Waals surface area contributed by atoms with Gasteiger partial charge in [0.2, 0.25) is 5.91 Å². The van der Waals surface area contributed by atoms with Gasteiger partial charge in [0.05, 0.1) is 21.7 Å². The monoisotopic (exact) mass is 442 g/mol. The number of hydrogen-bond donors (Lipinski definition) is 2. The highest BCUT2D eigenvalue weighted by molar-refractivity contribution is 6.33. The van der Waals surface area contributed by atoms with Crippen LogP contribution in [0.25, 0.3) is 11.0 Å². The first kappa shape index (κ1) is 22.6. The maximum absolute atomic E-state index is 12.8. The van der Waals surface area contributed by atoms with Crippen LogP contribution in [0.5, 0.6) is 0 Å². The number of fused-ring (bicyclic) bond motifs is 1. The van der Waals surface area contributed by atoms with Crippen molar-refractivity contribution in [3.8, 4) is 0 Å². The summed E-state index contributed by atoms with van der Waals surface area (Å²) in [6, 6.07) is 12.3. The fraction of sp³-hybridized carbons (Fsp3) is 0.348. The van der Waals surface area contributed by atoms with Crippen LogP contribution in [0.15, 0.2) is 47.3 Å². The maximum Gasteiger partial charge on any atom is 0.329 e. The molecule has 0 spiro atoms. The molecule has 7 nitrogen and oxygen atoms in total. The van der Waals surface area contributed by atoms with Crippen LogP contribution in [-0.2, 0) is 17.9 Å². The Kier molecular flexibility index (Phi) is 7.17. The van der Waals surface area contributed by atoms with E-state index in [2.05, 4.69) is 10.6 Å². The molecule has 0 atom stereocenters. The van der Waals surface area contributed by atoms with Gasteiger partial charge in [-0.1, -0.05) is 30.7 Å². The van der Waals surface area contributed by atoms with Crippen LogP contribution in [0.4, 0.5) is 5.69 Å². The second-order valence-electron chi connectivity index (χ2n) is 7.70. The Balaban J connectivity index is 1.75. The van der Waals surface area contributed by atoms with E-state index in [0.717, 1.165) is 17.5 Å². The molecule has 0 fully saturated rings. The number of aromatic nitrogens is 2. The summed E-state index contributed by atoms with van der Waals surface area (Å²) in [6.07, 6.45) is 0.937. The number of anilines is 1. The first-order valence-electron chi connectivity index (χ1n) is 10.4. The van der Waals surface area contributed by atoms with Gasteiger partial charge in [-0.05, 0) is 50.6 Å². The third-order valence-electron chi connectivity index (χ3n) is 4.86. The Morgan fingerprint density at radius 2 is 1.68 bits per heavy atom. The summed E-state index contributed by atoms with van der Waals surface area (Å²) in [5.74, 6) is -0.528. The van der Waals surface area contributed by atoms with Gasteiger partial charge >= 0.3 is 5.69 Å². The molecular formula is C23H27ClN4O3. The largest absolute Gasteiger partial charge is 0.350 e. The molecule has 8 heteroatoms. The van der Waals surface area contributed by atoms with E-state index >= 15 is 0 Å². The average molecular weight is 443 g/mol. The standard InChI is InChI=1S/C23H27ClN4O3/c1-4-12-27-19-7-5-6-8-20(19)28(23(27)31)13-11-21(29)26-18-14-16(9-10-17(18)24)22(30)25-15(2)3/h5-10,14-15H,4,11-13H2,1-3H3,(H,25,30)(H,26,29). The van der Waals surface area contributed by atoms with Crippen LogP contribution >= 0.6 is 11.6 Å². The number of benzene rings is 2. The zero-order chi connectivity index (χ0) is 22.5. The van der Waals surface area contributed by atoms with E-state index in [-0.39, 0.29) is 36.5 Å². The van der Waals surface area contributed by atoms with Crippen molar-refractivity contribution in [2.75, 3.05) is 5.32 Å². The Hall–Kier alpha value is -3.06. The minimum absolute atomic E-state index is 0.00521. The normalized spacial score (nSPS) is 11.1. The van der Waals surface area contributed by atoms with Crippen molar-refractivity contribution in [2.24, 2.45) is 0 Å². The van der Waals surface area contributed by atoms with Crippen LogP contribution < -0.4 is 16.3 Å². The van der Waals surface area contributed by atoms with Gasteiger partial charge in [0.15, 0.2) is 0 Å². The van der Waals surface area contributed by atoms with Crippen LogP contribution in [-0.4, -0.2) is 27.0 Å². The summed E-state index contributed by atoms with van der Waals surface area (Å²) in [6.45, 7) is 6.63. The summed E-state index contributed by atoms with van der Waals surface area (Å²) >= 11 is 6.20. The molecule has 0 bridgehead atoms. The van der Waals surface area contributed by atoms with Gasteiger partial charge in [-0.25, -0.2) is 4.79 Å². The fourth-order valence-corrected chi connectivity index (χ4v) is 3.63. The van der Waals surface area contributed by atoms with E-state index in [9.17, 15) is 14.4 Å². The highest BCUT2D eigenvalue weighted by atomic mass is 35.5. The van der Waals surface area contributed by atoms with E-state index < -0.39 is 0 Å². The molecule has 2 N–H and O–H groups in total. The third-order valence-corrected chi connectivity index (χ3v) is 5.19.